The van der Waals surface area contributed by atoms with E-state index in [0.717, 1.165) is 27.2 Å². The lowest BCUT2D eigenvalue weighted by Crippen LogP contribution is -2.46. The first-order chi connectivity index (χ1) is 23.1. The van der Waals surface area contributed by atoms with Crippen LogP contribution in [0.3, 0.4) is 0 Å². The number of nitrogens with two attached hydrogens (primary N) is 1. The van der Waals surface area contributed by atoms with Gasteiger partial charge >= 0.3 is 6.09 Å². The molecular weight excluding hydrogens is 678 g/mol. The molecule has 1 aliphatic heterocycles. The number of carbonyl (C=O) groups excluding carboxylic acids is 1. The summed E-state index contributed by atoms with van der Waals surface area (Å²) in [6, 6.07) is 23.6. The van der Waals surface area contributed by atoms with Crippen LogP contribution in [0.5, 0.6) is 17.2 Å². The predicted octanol–water partition coefficient (Wildman–Crippen LogP) is 6.81. The Balaban J connectivity index is 1.29. The molecule has 4 aromatic rings. The minimum absolute atomic E-state index is 0.0410. The van der Waals surface area contributed by atoms with Crippen LogP contribution in [0.15, 0.2) is 77.3 Å². The summed E-state index contributed by atoms with van der Waals surface area (Å²) in [6.45, 7) is 1.59. The Morgan fingerprint density at radius 3 is 2.29 bits per heavy atom. The third kappa shape index (κ3) is 5.46. The number of nitriles is 1. The van der Waals surface area contributed by atoms with Crippen LogP contribution in [0.4, 0.5) is 16.2 Å². The first-order valence-electron chi connectivity index (χ1n) is 15.1. The van der Waals surface area contributed by atoms with Gasteiger partial charge in [-0.2, -0.15) is 5.26 Å². The topological polar surface area (TPSA) is 171 Å². The molecule has 0 saturated heterocycles. The molecule has 3 atom stereocenters. The van der Waals surface area contributed by atoms with Crippen LogP contribution in [0.1, 0.15) is 41.0 Å². The molecule has 0 spiro atoms. The number of hydrogen-bond donors (Lipinski definition) is 4. The zero-order valence-electron chi connectivity index (χ0n) is 26.3. The first-order valence-corrected chi connectivity index (χ1v) is 15.9. The van der Waals surface area contributed by atoms with Gasteiger partial charge in [-0.3, -0.25) is 15.1 Å². The van der Waals surface area contributed by atoms with E-state index in [0.29, 0.717) is 27.1 Å². The highest BCUT2D eigenvalue weighted by Crippen LogP contribution is 2.50. The molecule has 1 heterocycles. The normalized spacial score (nSPS) is 16.8. The number of nitrogen functional groups attached to an aromatic ring is 1. The van der Waals surface area contributed by atoms with Crippen molar-refractivity contribution >= 4 is 45.2 Å². The minimum atomic E-state index is -1.24. The van der Waals surface area contributed by atoms with E-state index in [2.05, 4.69) is 27.3 Å². The summed E-state index contributed by atoms with van der Waals surface area (Å²) in [5.74, 6) is -1.76. The van der Waals surface area contributed by atoms with Gasteiger partial charge in [-0.1, -0.05) is 54.6 Å². The van der Waals surface area contributed by atoms with Crippen molar-refractivity contribution < 1.29 is 28.9 Å². The number of nitrogens with zero attached hydrogens (tertiary/aromatic N) is 2. The molecule has 11 nitrogen and oxygen atoms in total. The molecule has 1 aliphatic carbocycles. The lowest BCUT2D eigenvalue weighted by atomic mass is 9.78. The number of methoxy groups -OCH3 is 2. The van der Waals surface area contributed by atoms with E-state index >= 15 is 0 Å². The van der Waals surface area contributed by atoms with E-state index in [4.69, 9.17) is 25.4 Å². The maximum atomic E-state index is 13.6. The Labute approximate surface area is 285 Å². The fourth-order valence-corrected chi connectivity index (χ4v) is 7.27. The number of nitrogens with one attached hydrogen (secondary N) is 2. The molecule has 0 saturated carbocycles. The Morgan fingerprint density at radius 2 is 1.71 bits per heavy atom. The number of rotatable bonds is 8. The summed E-state index contributed by atoms with van der Waals surface area (Å²) >= 11 is 3.50. The first kappa shape index (κ1) is 32.4. The van der Waals surface area contributed by atoms with Crippen molar-refractivity contribution in [3.63, 3.8) is 0 Å². The van der Waals surface area contributed by atoms with Crippen LogP contribution in [0.25, 0.3) is 11.1 Å². The molecule has 0 radical (unpaired) electrons. The second-order valence-electron chi connectivity index (χ2n) is 11.6. The number of fused-ring (bicyclic) bond motifs is 4. The number of amides is 2. The summed E-state index contributed by atoms with van der Waals surface area (Å²) in [5.41, 5.74) is 12.1. The molecule has 6 rings (SSSR count). The molecule has 5 N–H and O–H groups in total. The molecule has 244 valence electrons. The van der Waals surface area contributed by atoms with E-state index in [1.807, 2.05) is 48.5 Å². The third-order valence-electron chi connectivity index (χ3n) is 9.04. The highest BCUT2D eigenvalue weighted by Gasteiger charge is 2.40. The van der Waals surface area contributed by atoms with Gasteiger partial charge in [-0.15, -0.1) is 0 Å². The standard InChI is InChI=1S/C36H32BrN5O6/c1-18(42(36(44)45)17-26-22-10-6-4-8-20(22)21-9-5-7-11-23(21)26)35(43)41-28-13-12-24-30(25(16-38)34(40)48-32(24)31(28)39)19-14-27(37)33(47-3)29(15-19)46-2/h4-15,18,25-26,30,40H,17,39H2,1-3H3,(H,41,43)(H,44,45)/t18-,25?,30+/m0/s1. The highest BCUT2D eigenvalue weighted by molar-refractivity contribution is 9.10. The third-order valence-corrected chi connectivity index (χ3v) is 9.62. The Morgan fingerprint density at radius 1 is 1.06 bits per heavy atom. The second-order valence-corrected chi connectivity index (χ2v) is 12.4. The van der Waals surface area contributed by atoms with Crippen molar-refractivity contribution in [2.75, 3.05) is 31.8 Å². The van der Waals surface area contributed by atoms with Crippen molar-refractivity contribution in [1.29, 1.82) is 10.7 Å². The van der Waals surface area contributed by atoms with Gasteiger partial charge in [0.2, 0.25) is 11.8 Å². The quantitative estimate of drug-likeness (QED) is 0.145. The van der Waals surface area contributed by atoms with Gasteiger partial charge in [0, 0.05) is 23.9 Å². The number of carboxylic acid groups (broad SMARTS) is 1. The zero-order chi connectivity index (χ0) is 34.3. The van der Waals surface area contributed by atoms with Gasteiger partial charge in [0.25, 0.3) is 0 Å². The summed E-state index contributed by atoms with van der Waals surface area (Å²) in [4.78, 5) is 27.3. The zero-order valence-corrected chi connectivity index (χ0v) is 27.9. The SMILES string of the molecule is COc1cc([C@@H]2c3ccc(NC(=O)[C@H](C)N(CC4c5ccccc5-c5ccccc54)C(=O)O)c(N)c3OC(=N)C2C#N)cc(Br)c1OC. The monoisotopic (exact) mass is 709 g/mol. The molecule has 12 heteroatoms. The number of hydrogen-bond acceptors (Lipinski definition) is 8. The van der Waals surface area contributed by atoms with Crippen LogP contribution >= 0.6 is 15.9 Å². The van der Waals surface area contributed by atoms with Gasteiger partial charge in [0.05, 0.1) is 36.1 Å². The van der Waals surface area contributed by atoms with Crippen LogP contribution < -0.4 is 25.3 Å². The van der Waals surface area contributed by atoms with Crippen LogP contribution in [0.2, 0.25) is 0 Å². The Bertz CT molecular complexity index is 1960. The summed E-state index contributed by atoms with van der Waals surface area (Å²) in [5, 5.41) is 31.6. The summed E-state index contributed by atoms with van der Waals surface area (Å²) in [7, 11) is 3.01. The number of halogens is 1. The van der Waals surface area contributed by atoms with Crippen molar-refractivity contribution in [3.05, 3.63) is 99.5 Å². The molecular formula is C36H32BrN5O6. The van der Waals surface area contributed by atoms with Gasteiger partial charge < -0.3 is 30.4 Å². The molecule has 48 heavy (non-hydrogen) atoms. The molecule has 0 aromatic heterocycles. The van der Waals surface area contributed by atoms with Crippen molar-refractivity contribution in [1.82, 2.24) is 4.90 Å². The summed E-state index contributed by atoms with van der Waals surface area (Å²) in [6.07, 6.45) is -1.24. The highest BCUT2D eigenvalue weighted by atomic mass is 79.9. The average molecular weight is 711 g/mol. The molecule has 2 amide bonds. The van der Waals surface area contributed by atoms with Gasteiger partial charge in [0.15, 0.2) is 17.2 Å². The van der Waals surface area contributed by atoms with E-state index < -0.39 is 29.9 Å². The maximum absolute atomic E-state index is 13.6. The maximum Gasteiger partial charge on any atom is 0.408 e. The molecule has 2 aliphatic rings. The number of ether oxygens (including phenoxy) is 3. The van der Waals surface area contributed by atoms with Gasteiger partial charge in [-0.05, 0) is 68.9 Å². The smallest absolute Gasteiger partial charge is 0.408 e. The van der Waals surface area contributed by atoms with Crippen molar-refractivity contribution in [2.45, 2.75) is 24.8 Å². The summed E-state index contributed by atoms with van der Waals surface area (Å²) < 4.78 is 17.3. The van der Waals surface area contributed by atoms with Crippen molar-refractivity contribution in [3.8, 4) is 34.4 Å². The average Bonchev–Trinajstić information content (AvgIpc) is 3.40. The van der Waals surface area contributed by atoms with E-state index in [9.17, 15) is 20.0 Å². The lowest BCUT2D eigenvalue weighted by Gasteiger charge is -2.32. The molecule has 1 unspecified atom stereocenters. The predicted molar refractivity (Wildman–Crippen MR) is 184 cm³/mol. The van der Waals surface area contributed by atoms with Crippen LogP contribution in [-0.2, 0) is 4.79 Å². The van der Waals surface area contributed by atoms with Gasteiger partial charge in [0.1, 0.15) is 12.0 Å². The Kier molecular flexibility index (Phi) is 8.73. The van der Waals surface area contributed by atoms with Crippen molar-refractivity contribution in [2.24, 2.45) is 5.92 Å². The largest absolute Gasteiger partial charge is 0.493 e. The fourth-order valence-electron chi connectivity index (χ4n) is 6.64. The van der Waals surface area contributed by atoms with Crippen LogP contribution in [-0.4, -0.2) is 54.7 Å². The van der Waals surface area contributed by atoms with E-state index in [1.54, 1.807) is 24.3 Å². The molecule has 4 aromatic carbocycles. The fraction of sp³-hybridized carbons (Fsp3) is 0.222. The second kappa shape index (κ2) is 12.9. The Hall–Kier alpha value is -5.54. The van der Waals surface area contributed by atoms with Crippen LogP contribution in [0, 0.1) is 22.7 Å². The number of benzene rings is 4. The van der Waals surface area contributed by atoms with Gasteiger partial charge in [-0.25, -0.2) is 4.79 Å². The number of carbonyl (C=O) groups is 2. The lowest BCUT2D eigenvalue weighted by molar-refractivity contribution is -0.120. The van der Waals surface area contributed by atoms with E-state index in [1.165, 1.54) is 21.1 Å². The molecule has 0 fully saturated rings. The minimum Gasteiger partial charge on any atom is -0.493 e. The number of anilines is 2. The van der Waals surface area contributed by atoms with E-state index in [-0.39, 0.29) is 35.5 Å². The molecule has 0 bridgehead atoms.